The third kappa shape index (κ3) is 5.59. The summed E-state index contributed by atoms with van der Waals surface area (Å²) in [6.07, 6.45) is 6.56. The van der Waals surface area contributed by atoms with E-state index >= 15 is 0 Å². The van der Waals surface area contributed by atoms with Crippen molar-refractivity contribution in [1.29, 1.82) is 0 Å². The predicted molar refractivity (Wildman–Crippen MR) is 72.7 cm³/mol. The molecule has 0 bridgehead atoms. The van der Waals surface area contributed by atoms with Crippen molar-refractivity contribution >= 4 is 15.9 Å². The number of nitrogens with one attached hydrogen (secondary N) is 1. The maximum Gasteiger partial charge on any atom is 0.0460 e. The highest BCUT2D eigenvalue weighted by Gasteiger charge is 2.08. The smallest absolute Gasteiger partial charge is 0.0460 e. The van der Waals surface area contributed by atoms with Crippen molar-refractivity contribution in [3.63, 3.8) is 0 Å². The minimum absolute atomic E-state index is 0.147. The quantitative estimate of drug-likeness (QED) is 0.638. The van der Waals surface area contributed by atoms with Gasteiger partial charge in [0.15, 0.2) is 0 Å². The molecule has 0 saturated carbocycles. The first kappa shape index (κ1) is 14.6. The molecule has 0 aliphatic rings. The van der Waals surface area contributed by atoms with Crippen LogP contribution in [0.15, 0.2) is 22.9 Å². The van der Waals surface area contributed by atoms with Crippen LogP contribution in [0.3, 0.4) is 0 Å². The first-order valence-electron chi connectivity index (χ1n) is 5.92. The van der Waals surface area contributed by atoms with Crippen LogP contribution in [0.5, 0.6) is 0 Å². The zero-order chi connectivity index (χ0) is 12.5. The summed E-state index contributed by atoms with van der Waals surface area (Å²) in [5.74, 6) is 0. The maximum absolute atomic E-state index is 8.68. The third-order valence-corrected chi connectivity index (χ3v) is 3.02. The Morgan fingerprint density at radius 3 is 2.82 bits per heavy atom. The van der Waals surface area contributed by atoms with E-state index in [1.165, 1.54) is 0 Å². The molecule has 1 aromatic rings. The van der Waals surface area contributed by atoms with Gasteiger partial charge in [0.05, 0.1) is 0 Å². The molecule has 1 aromatic heterocycles. The van der Waals surface area contributed by atoms with Gasteiger partial charge in [-0.15, -0.1) is 0 Å². The molecule has 0 aliphatic carbocycles. The monoisotopic (exact) mass is 301 g/mol. The highest BCUT2D eigenvalue weighted by molar-refractivity contribution is 9.10. The average molecular weight is 302 g/mol. The molecule has 96 valence electrons. The normalized spacial score (nSPS) is 12.6. The zero-order valence-corrected chi connectivity index (χ0v) is 11.5. The summed E-state index contributed by atoms with van der Waals surface area (Å²) in [6, 6.07) is 2.18. The van der Waals surface area contributed by atoms with Gasteiger partial charge >= 0.3 is 0 Å². The molecule has 4 nitrogen and oxygen atoms in total. The molecule has 0 amide bonds. The highest BCUT2D eigenvalue weighted by Crippen LogP contribution is 2.15. The Labute approximate surface area is 111 Å². The molecule has 0 saturated heterocycles. The lowest BCUT2D eigenvalue weighted by molar-refractivity contribution is 0.282. The van der Waals surface area contributed by atoms with Crippen LogP contribution < -0.4 is 11.1 Å². The van der Waals surface area contributed by atoms with Crippen molar-refractivity contribution in [3.05, 3.63) is 28.5 Å². The first-order chi connectivity index (χ1) is 8.27. The van der Waals surface area contributed by atoms with Crippen LogP contribution in [-0.2, 0) is 0 Å². The Balaban J connectivity index is 2.38. The van der Waals surface area contributed by atoms with Crippen LogP contribution in [0.4, 0.5) is 0 Å². The summed E-state index contributed by atoms with van der Waals surface area (Å²) >= 11 is 3.40. The van der Waals surface area contributed by atoms with Crippen LogP contribution in [0.1, 0.15) is 30.9 Å². The second-order valence-corrected chi connectivity index (χ2v) is 4.88. The van der Waals surface area contributed by atoms with E-state index in [4.69, 9.17) is 10.8 Å². The van der Waals surface area contributed by atoms with E-state index in [1.54, 1.807) is 6.20 Å². The Kier molecular flexibility index (Phi) is 7.35. The van der Waals surface area contributed by atoms with Crippen molar-refractivity contribution in [1.82, 2.24) is 10.3 Å². The fourth-order valence-electron chi connectivity index (χ4n) is 1.65. The van der Waals surface area contributed by atoms with E-state index in [2.05, 4.69) is 26.2 Å². The lowest BCUT2D eigenvalue weighted by Crippen LogP contribution is -2.29. The van der Waals surface area contributed by atoms with Crippen LogP contribution in [0, 0.1) is 0 Å². The molecule has 0 aromatic carbocycles. The summed E-state index contributed by atoms with van der Waals surface area (Å²) in [7, 11) is 0. The summed E-state index contributed by atoms with van der Waals surface area (Å²) in [5.41, 5.74) is 6.85. The molecule has 17 heavy (non-hydrogen) atoms. The Morgan fingerprint density at radius 1 is 1.35 bits per heavy atom. The van der Waals surface area contributed by atoms with E-state index < -0.39 is 0 Å². The molecule has 0 fully saturated rings. The van der Waals surface area contributed by atoms with Gasteiger partial charge in [0.2, 0.25) is 0 Å². The SMILES string of the molecule is NCC(NCCCCCO)c1cncc(Br)c1. The Bertz CT molecular complexity index is 322. The van der Waals surface area contributed by atoms with Gasteiger partial charge < -0.3 is 16.2 Å². The molecule has 1 heterocycles. The van der Waals surface area contributed by atoms with Gasteiger partial charge in [-0.2, -0.15) is 0 Å². The Hall–Kier alpha value is -0.490. The number of aliphatic hydroxyl groups is 1. The molecule has 1 atom stereocenters. The molecule has 0 radical (unpaired) electrons. The number of aromatic nitrogens is 1. The number of nitrogens with two attached hydrogens (primary N) is 1. The summed E-state index contributed by atoms with van der Waals surface area (Å²) in [5, 5.41) is 12.1. The fraction of sp³-hybridized carbons (Fsp3) is 0.583. The summed E-state index contributed by atoms with van der Waals surface area (Å²) in [4.78, 5) is 4.14. The van der Waals surface area contributed by atoms with E-state index in [0.29, 0.717) is 6.54 Å². The molecule has 1 rings (SSSR count). The van der Waals surface area contributed by atoms with Gasteiger partial charge in [-0.1, -0.05) is 0 Å². The van der Waals surface area contributed by atoms with Gasteiger partial charge in [-0.25, -0.2) is 0 Å². The first-order valence-corrected chi connectivity index (χ1v) is 6.72. The number of aliphatic hydroxyl groups excluding tert-OH is 1. The minimum atomic E-state index is 0.147. The number of unbranched alkanes of at least 4 members (excludes halogenated alkanes) is 2. The van der Waals surface area contributed by atoms with Crippen molar-refractivity contribution in [3.8, 4) is 0 Å². The molecule has 0 aliphatic heterocycles. The fourth-order valence-corrected chi connectivity index (χ4v) is 2.03. The minimum Gasteiger partial charge on any atom is -0.396 e. The zero-order valence-electron chi connectivity index (χ0n) is 9.90. The molecule has 4 N–H and O–H groups in total. The second kappa shape index (κ2) is 8.58. The Morgan fingerprint density at radius 2 is 2.18 bits per heavy atom. The number of hydrogen-bond acceptors (Lipinski definition) is 4. The van der Waals surface area contributed by atoms with Gasteiger partial charge in [-0.05, 0) is 53.4 Å². The van der Waals surface area contributed by atoms with E-state index in [-0.39, 0.29) is 12.6 Å². The second-order valence-electron chi connectivity index (χ2n) is 3.96. The number of halogens is 1. The summed E-state index contributed by atoms with van der Waals surface area (Å²) < 4.78 is 0.968. The van der Waals surface area contributed by atoms with Gasteiger partial charge in [0.1, 0.15) is 0 Å². The topological polar surface area (TPSA) is 71.2 Å². The van der Waals surface area contributed by atoms with Crippen LogP contribution in [0.25, 0.3) is 0 Å². The molecule has 0 spiro atoms. The maximum atomic E-state index is 8.68. The van der Waals surface area contributed by atoms with Gasteiger partial charge in [0, 0.05) is 36.1 Å². The van der Waals surface area contributed by atoms with Crippen LogP contribution in [0.2, 0.25) is 0 Å². The average Bonchev–Trinajstić information content (AvgIpc) is 2.34. The van der Waals surface area contributed by atoms with Crippen LogP contribution in [-0.4, -0.2) is 29.8 Å². The lowest BCUT2D eigenvalue weighted by Gasteiger charge is -2.17. The standard InChI is InChI=1S/C12H20BrN3O/c13-11-6-10(8-15-9-11)12(7-14)16-4-2-1-3-5-17/h6,8-9,12,16-17H,1-5,7,14H2. The molecule has 5 heteroatoms. The molecule has 1 unspecified atom stereocenters. The molecular formula is C12H20BrN3O. The van der Waals surface area contributed by atoms with E-state index in [9.17, 15) is 0 Å². The third-order valence-electron chi connectivity index (χ3n) is 2.59. The van der Waals surface area contributed by atoms with Crippen molar-refractivity contribution < 1.29 is 5.11 Å². The lowest BCUT2D eigenvalue weighted by atomic mass is 10.1. The number of hydrogen-bond donors (Lipinski definition) is 3. The highest BCUT2D eigenvalue weighted by atomic mass is 79.9. The van der Waals surface area contributed by atoms with Gasteiger partial charge in [-0.3, -0.25) is 4.98 Å². The van der Waals surface area contributed by atoms with Gasteiger partial charge in [0.25, 0.3) is 0 Å². The number of nitrogens with zero attached hydrogens (tertiary/aromatic N) is 1. The number of rotatable bonds is 8. The number of pyridine rings is 1. The molecular weight excluding hydrogens is 282 g/mol. The largest absolute Gasteiger partial charge is 0.396 e. The summed E-state index contributed by atoms with van der Waals surface area (Å²) in [6.45, 7) is 1.74. The van der Waals surface area contributed by atoms with Crippen LogP contribution >= 0.6 is 15.9 Å². The van der Waals surface area contributed by atoms with E-state index in [1.807, 2.05) is 12.3 Å². The van der Waals surface area contributed by atoms with E-state index in [0.717, 1.165) is 35.8 Å². The van der Waals surface area contributed by atoms with Crippen molar-refractivity contribution in [2.75, 3.05) is 19.7 Å². The predicted octanol–water partition coefficient (Wildman–Crippen LogP) is 1.60. The van der Waals surface area contributed by atoms with Crippen molar-refractivity contribution in [2.24, 2.45) is 5.73 Å². The van der Waals surface area contributed by atoms with Crippen molar-refractivity contribution in [2.45, 2.75) is 25.3 Å².